The maximum Gasteiger partial charge on any atom is 0.229 e. The Morgan fingerprint density at radius 2 is 1.91 bits per heavy atom. The Kier molecular flexibility index (Phi) is 5.94. The maximum absolute atomic E-state index is 13.5. The summed E-state index contributed by atoms with van der Waals surface area (Å²) >= 11 is 0. The number of methoxy groups -OCH3 is 2. The van der Waals surface area contributed by atoms with E-state index in [1.54, 1.807) is 14.2 Å². The van der Waals surface area contributed by atoms with E-state index in [0.29, 0.717) is 43.9 Å². The van der Waals surface area contributed by atoms with Crippen molar-refractivity contribution in [3.63, 3.8) is 0 Å². The first-order valence-corrected chi connectivity index (χ1v) is 11.9. The standard InChI is InChI=1S/C28H31NO5/c1-18-6-4-5-7-20(18)9-10-21(30)25-23-12-14-28(34-23)17-29(27(31)26(25)28)15-13-19-8-11-22(32-2)24(16-19)33-3/h4-8,11-12,14,16,23,25-26H,9-10,13,15,17H2,1-3H3. The maximum atomic E-state index is 13.5. The average molecular weight is 462 g/mol. The van der Waals surface area contributed by atoms with Crippen molar-refractivity contribution in [3.8, 4) is 11.5 Å². The average Bonchev–Trinajstić information content (AvgIpc) is 3.49. The highest BCUT2D eigenvalue weighted by molar-refractivity contribution is 5.94. The zero-order valence-corrected chi connectivity index (χ0v) is 20.0. The number of nitrogens with zero attached hydrogens (tertiary/aromatic N) is 1. The van der Waals surface area contributed by atoms with E-state index in [4.69, 9.17) is 14.2 Å². The largest absolute Gasteiger partial charge is 0.493 e. The highest BCUT2D eigenvalue weighted by Gasteiger charge is 2.66. The molecule has 2 saturated heterocycles. The van der Waals surface area contributed by atoms with Crippen molar-refractivity contribution in [1.29, 1.82) is 0 Å². The molecule has 6 nitrogen and oxygen atoms in total. The number of likely N-dealkylation sites (tertiary alicyclic amines) is 1. The Morgan fingerprint density at radius 1 is 1.12 bits per heavy atom. The number of hydrogen-bond acceptors (Lipinski definition) is 5. The Morgan fingerprint density at radius 3 is 2.68 bits per heavy atom. The molecule has 2 aromatic carbocycles. The molecule has 0 radical (unpaired) electrons. The molecule has 6 heteroatoms. The lowest BCUT2D eigenvalue weighted by atomic mass is 9.74. The van der Waals surface area contributed by atoms with Crippen molar-refractivity contribution < 1.29 is 23.8 Å². The molecule has 178 valence electrons. The third-order valence-corrected chi connectivity index (χ3v) is 7.57. The molecular formula is C28H31NO5. The Balaban J connectivity index is 1.27. The van der Waals surface area contributed by atoms with Gasteiger partial charge >= 0.3 is 0 Å². The number of rotatable bonds is 9. The van der Waals surface area contributed by atoms with Crippen LogP contribution in [0.1, 0.15) is 23.1 Å². The Labute approximate surface area is 200 Å². The van der Waals surface area contributed by atoms with E-state index in [2.05, 4.69) is 19.1 Å². The summed E-state index contributed by atoms with van der Waals surface area (Å²) < 4.78 is 17.0. The van der Waals surface area contributed by atoms with Gasteiger partial charge in [0, 0.05) is 13.0 Å². The number of carbonyl (C=O) groups is 2. The molecule has 2 fully saturated rings. The molecule has 4 atom stereocenters. The third-order valence-electron chi connectivity index (χ3n) is 7.57. The fourth-order valence-corrected chi connectivity index (χ4v) is 5.75. The van der Waals surface area contributed by atoms with Crippen molar-refractivity contribution in [2.75, 3.05) is 27.3 Å². The second-order valence-corrected chi connectivity index (χ2v) is 9.49. The molecule has 3 heterocycles. The van der Waals surface area contributed by atoms with Gasteiger partial charge in [-0.05, 0) is 48.6 Å². The summed E-state index contributed by atoms with van der Waals surface area (Å²) in [6.07, 6.45) is 5.52. The van der Waals surface area contributed by atoms with Gasteiger partial charge in [-0.25, -0.2) is 0 Å². The van der Waals surface area contributed by atoms with Gasteiger partial charge in [-0.1, -0.05) is 42.5 Å². The van der Waals surface area contributed by atoms with E-state index in [1.165, 1.54) is 11.1 Å². The highest BCUT2D eigenvalue weighted by Crippen LogP contribution is 2.52. The van der Waals surface area contributed by atoms with Crippen LogP contribution in [0.5, 0.6) is 11.5 Å². The van der Waals surface area contributed by atoms with Gasteiger partial charge in [0.1, 0.15) is 11.4 Å². The molecule has 0 aliphatic carbocycles. The molecule has 3 aliphatic heterocycles. The molecule has 3 aliphatic rings. The van der Waals surface area contributed by atoms with Gasteiger partial charge in [-0.3, -0.25) is 9.59 Å². The second kappa shape index (κ2) is 8.91. The summed E-state index contributed by atoms with van der Waals surface area (Å²) in [4.78, 5) is 28.6. The van der Waals surface area contributed by atoms with Gasteiger partial charge in [-0.2, -0.15) is 0 Å². The van der Waals surface area contributed by atoms with Crippen LogP contribution in [0.4, 0.5) is 0 Å². The molecule has 1 amide bonds. The molecule has 1 spiro atoms. The summed E-state index contributed by atoms with van der Waals surface area (Å²) in [5.74, 6) is 0.693. The third kappa shape index (κ3) is 3.80. The van der Waals surface area contributed by atoms with Gasteiger partial charge in [0.25, 0.3) is 0 Å². The Hall–Kier alpha value is -3.12. The van der Waals surface area contributed by atoms with Gasteiger partial charge in [0.2, 0.25) is 5.91 Å². The van der Waals surface area contributed by atoms with Crippen LogP contribution in [-0.2, 0) is 27.2 Å². The fraction of sp³-hybridized carbons (Fsp3) is 0.429. The van der Waals surface area contributed by atoms with Crippen molar-refractivity contribution in [2.45, 2.75) is 37.9 Å². The number of benzene rings is 2. The molecule has 5 rings (SSSR count). The lowest BCUT2D eigenvalue weighted by Crippen LogP contribution is -2.39. The molecule has 0 saturated carbocycles. The van der Waals surface area contributed by atoms with E-state index >= 15 is 0 Å². The van der Waals surface area contributed by atoms with Gasteiger partial charge in [0.15, 0.2) is 11.5 Å². The fourth-order valence-electron chi connectivity index (χ4n) is 5.75. The number of amides is 1. The monoisotopic (exact) mass is 461 g/mol. The number of hydrogen-bond donors (Lipinski definition) is 0. The zero-order valence-electron chi connectivity index (χ0n) is 20.0. The highest BCUT2D eigenvalue weighted by atomic mass is 16.5. The van der Waals surface area contributed by atoms with Crippen molar-refractivity contribution in [2.24, 2.45) is 11.8 Å². The lowest BCUT2D eigenvalue weighted by molar-refractivity contribution is -0.136. The van der Waals surface area contributed by atoms with Crippen LogP contribution in [0, 0.1) is 18.8 Å². The number of carbonyl (C=O) groups excluding carboxylic acids is 2. The minimum atomic E-state index is -0.664. The van der Waals surface area contributed by atoms with E-state index < -0.39 is 17.4 Å². The van der Waals surface area contributed by atoms with Crippen molar-refractivity contribution in [3.05, 3.63) is 71.3 Å². The zero-order chi connectivity index (χ0) is 23.9. The number of Topliss-reactive ketones (excluding diaryl/α,β-unsaturated/α-hetero) is 1. The summed E-state index contributed by atoms with van der Waals surface area (Å²) in [5.41, 5.74) is 2.77. The molecule has 0 aromatic heterocycles. The molecular weight excluding hydrogens is 430 g/mol. The van der Waals surface area contributed by atoms with Gasteiger partial charge in [0.05, 0.1) is 38.7 Å². The van der Waals surface area contributed by atoms with E-state index in [9.17, 15) is 9.59 Å². The van der Waals surface area contributed by atoms with Crippen LogP contribution in [0.3, 0.4) is 0 Å². The molecule has 34 heavy (non-hydrogen) atoms. The van der Waals surface area contributed by atoms with E-state index in [1.807, 2.05) is 47.4 Å². The van der Waals surface area contributed by atoms with Crippen LogP contribution in [-0.4, -0.2) is 55.6 Å². The van der Waals surface area contributed by atoms with Gasteiger partial charge < -0.3 is 19.1 Å². The summed E-state index contributed by atoms with van der Waals surface area (Å²) in [6, 6.07) is 13.9. The van der Waals surface area contributed by atoms with Gasteiger partial charge in [-0.15, -0.1) is 0 Å². The minimum Gasteiger partial charge on any atom is -0.493 e. The van der Waals surface area contributed by atoms with Crippen LogP contribution in [0.15, 0.2) is 54.6 Å². The second-order valence-electron chi connectivity index (χ2n) is 9.49. The molecule has 0 N–H and O–H groups in total. The first-order chi connectivity index (χ1) is 16.5. The molecule has 2 aromatic rings. The lowest BCUT2D eigenvalue weighted by Gasteiger charge is -2.23. The molecule has 2 bridgehead atoms. The van der Waals surface area contributed by atoms with Crippen LogP contribution >= 0.6 is 0 Å². The van der Waals surface area contributed by atoms with Crippen LogP contribution < -0.4 is 9.47 Å². The predicted octanol–water partition coefficient (Wildman–Crippen LogP) is 3.54. The normalized spacial score (nSPS) is 26.7. The van der Waals surface area contributed by atoms with Crippen molar-refractivity contribution >= 4 is 11.7 Å². The van der Waals surface area contributed by atoms with Crippen LogP contribution in [0.2, 0.25) is 0 Å². The van der Waals surface area contributed by atoms with E-state index in [-0.39, 0.29) is 17.8 Å². The van der Waals surface area contributed by atoms with Crippen molar-refractivity contribution in [1.82, 2.24) is 4.90 Å². The number of ether oxygens (including phenoxy) is 3. The Bertz CT molecular complexity index is 1140. The molecule has 4 unspecified atom stereocenters. The smallest absolute Gasteiger partial charge is 0.229 e. The quantitative estimate of drug-likeness (QED) is 0.535. The van der Waals surface area contributed by atoms with Crippen LogP contribution in [0.25, 0.3) is 0 Å². The van der Waals surface area contributed by atoms with E-state index in [0.717, 1.165) is 5.56 Å². The predicted molar refractivity (Wildman–Crippen MR) is 128 cm³/mol. The topological polar surface area (TPSA) is 65.1 Å². The summed E-state index contributed by atoms with van der Waals surface area (Å²) in [7, 11) is 3.22. The first kappa shape index (κ1) is 22.7. The first-order valence-electron chi connectivity index (χ1n) is 11.9. The minimum absolute atomic E-state index is 0.0292. The SMILES string of the molecule is COc1ccc(CCN2CC34C=CC(O3)C(C(=O)CCc3ccccc3C)C4C2=O)cc1OC. The number of aryl methyl sites for hydroxylation is 2. The summed E-state index contributed by atoms with van der Waals surface area (Å²) in [6.45, 7) is 3.13. The number of fused-ring (bicyclic) bond motifs is 1. The summed E-state index contributed by atoms with van der Waals surface area (Å²) in [5, 5.41) is 0. The number of ketones is 1.